The Kier molecular flexibility index (Phi) is 5.04. The SMILES string of the molecule is C[NH2+]C1CCc2cc(OC)c(OC)c(OC)c2-c2ccc(N)c(=O)cc21. The first kappa shape index (κ1) is 18.1. The molecule has 2 aromatic rings. The number of rotatable bonds is 4. The molecule has 1 atom stereocenters. The Bertz CT molecular complexity index is 896. The van der Waals surface area contributed by atoms with Crippen LogP contribution in [-0.2, 0) is 6.42 Å². The largest absolute Gasteiger partial charge is 0.493 e. The lowest BCUT2D eigenvalue weighted by molar-refractivity contribution is -0.670. The van der Waals surface area contributed by atoms with E-state index in [1.165, 1.54) is 0 Å². The quantitative estimate of drug-likeness (QED) is 0.866. The topological polar surface area (TPSA) is 87.4 Å². The van der Waals surface area contributed by atoms with E-state index >= 15 is 0 Å². The summed E-state index contributed by atoms with van der Waals surface area (Å²) in [5.41, 5.74) is 9.88. The molecule has 1 aliphatic rings. The Morgan fingerprint density at radius 1 is 1.08 bits per heavy atom. The van der Waals surface area contributed by atoms with Crippen LogP contribution in [0.5, 0.6) is 17.2 Å². The third-order valence-electron chi connectivity index (χ3n) is 5.02. The first-order chi connectivity index (χ1) is 12.5. The van der Waals surface area contributed by atoms with Crippen LogP contribution in [-0.4, -0.2) is 28.4 Å². The van der Waals surface area contributed by atoms with Crippen LogP contribution < -0.4 is 30.7 Å². The Labute approximate surface area is 152 Å². The molecule has 26 heavy (non-hydrogen) atoms. The number of hydrogen-bond acceptors (Lipinski definition) is 5. The maximum atomic E-state index is 12.3. The third kappa shape index (κ3) is 2.86. The molecular formula is C20H25N2O4+. The van der Waals surface area contributed by atoms with Gasteiger partial charge in [-0.15, -0.1) is 0 Å². The highest BCUT2D eigenvalue weighted by atomic mass is 16.5. The summed E-state index contributed by atoms with van der Waals surface area (Å²) >= 11 is 0. The highest BCUT2D eigenvalue weighted by molar-refractivity contribution is 5.82. The number of nitrogens with two attached hydrogens (primary N) is 2. The lowest BCUT2D eigenvalue weighted by Crippen LogP contribution is -2.81. The van der Waals surface area contributed by atoms with Crippen LogP contribution in [0.4, 0.5) is 5.69 Å². The van der Waals surface area contributed by atoms with Gasteiger partial charge in [-0.1, -0.05) is 6.07 Å². The fraction of sp³-hybridized carbons (Fsp3) is 0.350. The van der Waals surface area contributed by atoms with Gasteiger partial charge in [-0.2, -0.15) is 0 Å². The zero-order valence-electron chi connectivity index (χ0n) is 15.6. The smallest absolute Gasteiger partial charge is 0.203 e. The van der Waals surface area contributed by atoms with Crippen molar-refractivity contribution >= 4 is 5.69 Å². The molecule has 0 aliphatic heterocycles. The van der Waals surface area contributed by atoms with E-state index in [-0.39, 0.29) is 17.2 Å². The summed E-state index contributed by atoms with van der Waals surface area (Å²) < 4.78 is 16.8. The Hall–Kier alpha value is -2.73. The highest BCUT2D eigenvalue weighted by Crippen LogP contribution is 2.49. The van der Waals surface area contributed by atoms with E-state index in [1.54, 1.807) is 33.5 Å². The predicted molar refractivity (Wildman–Crippen MR) is 101 cm³/mol. The fourth-order valence-corrected chi connectivity index (χ4v) is 3.70. The second kappa shape index (κ2) is 7.25. The summed E-state index contributed by atoms with van der Waals surface area (Å²) in [5.74, 6) is 1.78. The lowest BCUT2D eigenvalue weighted by Gasteiger charge is -2.19. The van der Waals surface area contributed by atoms with E-state index in [2.05, 4.69) is 5.32 Å². The Morgan fingerprint density at radius 2 is 1.81 bits per heavy atom. The summed E-state index contributed by atoms with van der Waals surface area (Å²) in [6, 6.07) is 7.37. The van der Waals surface area contributed by atoms with Crippen LogP contribution in [0.1, 0.15) is 23.6 Å². The summed E-state index contributed by atoms with van der Waals surface area (Å²) in [6.07, 6.45) is 1.72. The first-order valence-corrected chi connectivity index (χ1v) is 8.61. The molecule has 0 amide bonds. The predicted octanol–water partition coefficient (Wildman–Crippen LogP) is 1.50. The maximum absolute atomic E-state index is 12.3. The molecule has 3 rings (SSSR count). The number of nitrogen functional groups attached to an aromatic ring is 1. The molecule has 0 spiro atoms. The number of hydrogen-bond donors (Lipinski definition) is 2. The van der Waals surface area contributed by atoms with Gasteiger partial charge < -0.3 is 25.3 Å². The van der Waals surface area contributed by atoms with Crippen LogP contribution >= 0.6 is 0 Å². The van der Waals surface area contributed by atoms with Gasteiger partial charge >= 0.3 is 0 Å². The van der Waals surface area contributed by atoms with Crippen molar-refractivity contribution in [3.8, 4) is 28.4 Å². The van der Waals surface area contributed by atoms with Crippen LogP contribution in [0.25, 0.3) is 11.1 Å². The number of ether oxygens (including phenoxy) is 3. The van der Waals surface area contributed by atoms with Gasteiger partial charge in [0, 0.05) is 17.5 Å². The highest BCUT2D eigenvalue weighted by Gasteiger charge is 2.29. The Morgan fingerprint density at radius 3 is 2.42 bits per heavy atom. The second-order valence-electron chi connectivity index (χ2n) is 6.32. The third-order valence-corrected chi connectivity index (χ3v) is 5.02. The molecule has 4 N–H and O–H groups in total. The molecule has 0 heterocycles. The van der Waals surface area contributed by atoms with Crippen LogP contribution in [0, 0.1) is 0 Å². The van der Waals surface area contributed by atoms with Gasteiger partial charge in [0.25, 0.3) is 0 Å². The van der Waals surface area contributed by atoms with Crippen LogP contribution in [0.15, 0.2) is 29.1 Å². The monoisotopic (exact) mass is 357 g/mol. The maximum Gasteiger partial charge on any atom is 0.203 e. The number of methoxy groups -OCH3 is 3. The minimum absolute atomic E-state index is 0.151. The minimum Gasteiger partial charge on any atom is -0.493 e. The zero-order valence-corrected chi connectivity index (χ0v) is 15.6. The van der Waals surface area contributed by atoms with Crippen molar-refractivity contribution in [2.45, 2.75) is 18.9 Å². The second-order valence-corrected chi connectivity index (χ2v) is 6.32. The van der Waals surface area contributed by atoms with E-state index < -0.39 is 0 Å². The number of quaternary nitrogens is 1. The molecule has 6 heteroatoms. The number of fused-ring (bicyclic) bond motifs is 3. The standard InChI is InChI=1S/C20H24N2O4/c1-22-15-8-5-11-9-17(24-2)19(25-3)20(26-4)18(11)12-6-7-14(21)16(23)10-13(12)15/h6-7,9-10,15,22H,5,8H2,1-4H3,(H2,21,23)/p+1. The number of benzene rings is 1. The van der Waals surface area contributed by atoms with Gasteiger partial charge in [-0.3, -0.25) is 4.79 Å². The van der Waals surface area contributed by atoms with Crippen molar-refractivity contribution in [2.75, 3.05) is 34.1 Å². The zero-order chi connectivity index (χ0) is 18.8. The number of anilines is 1. The van der Waals surface area contributed by atoms with Crippen LogP contribution in [0.3, 0.4) is 0 Å². The van der Waals surface area contributed by atoms with Gasteiger partial charge in [-0.25, -0.2) is 0 Å². The van der Waals surface area contributed by atoms with Gasteiger partial charge in [0.1, 0.15) is 6.04 Å². The van der Waals surface area contributed by atoms with Gasteiger partial charge in [-0.05, 0) is 35.7 Å². The molecule has 0 fully saturated rings. The molecule has 1 unspecified atom stereocenters. The van der Waals surface area contributed by atoms with Crippen molar-refractivity contribution in [1.82, 2.24) is 0 Å². The van der Waals surface area contributed by atoms with E-state index in [0.29, 0.717) is 17.2 Å². The minimum atomic E-state index is -0.166. The molecule has 0 aromatic heterocycles. The average Bonchev–Trinajstić information content (AvgIpc) is 2.89. The fourth-order valence-electron chi connectivity index (χ4n) is 3.70. The molecular weight excluding hydrogens is 332 g/mol. The van der Waals surface area contributed by atoms with Gasteiger partial charge in [0.05, 0.1) is 34.1 Å². The van der Waals surface area contributed by atoms with E-state index in [0.717, 1.165) is 35.1 Å². The van der Waals surface area contributed by atoms with E-state index in [9.17, 15) is 4.79 Å². The lowest BCUT2D eigenvalue weighted by atomic mass is 9.95. The molecule has 2 aromatic carbocycles. The molecule has 0 radical (unpaired) electrons. The van der Waals surface area contributed by atoms with Crippen molar-refractivity contribution in [3.63, 3.8) is 0 Å². The molecule has 0 saturated heterocycles. The first-order valence-electron chi connectivity index (χ1n) is 8.61. The van der Waals surface area contributed by atoms with Crippen molar-refractivity contribution in [1.29, 1.82) is 0 Å². The molecule has 1 aliphatic carbocycles. The molecule has 6 nitrogen and oxygen atoms in total. The summed E-state index contributed by atoms with van der Waals surface area (Å²) in [7, 11) is 6.83. The molecule has 0 bridgehead atoms. The van der Waals surface area contributed by atoms with Crippen molar-refractivity contribution < 1.29 is 19.5 Å². The van der Waals surface area contributed by atoms with Gasteiger partial charge in [0.2, 0.25) is 11.2 Å². The number of aryl methyl sites for hydroxylation is 1. The van der Waals surface area contributed by atoms with Crippen molar-refractivity contribution in [2.24, 2.45) is 0 Å². The molecule has 138 valence electrons. The summed E-state index contributed by atoms with van der Waals surface area (Å²) in [5, 5.41) is 2.13. The van der Waals surface area contributed by atoms with E-state index in [1.807, 2.05) is 19.2 Å². The normalized spacial score (nSPS) is 15.5. The summed E-state index contributed by atoms with van der Waals surface area (Å²) in [4.78, 5) is 12.3. The Balaban J connectivity index is 2.44. The average molecular weight is 357 g/mol. The molecule has 0 saturated carbocycles. The summed E-state index contributed by atoms with van der Waals surface area (Å²) in [6.45, 7) is 0. The van der Waals surface area contributed by atoms with Gasteiger partial charge in [0.15, 0.2) is 11.5 Å². The van der Waals surface area contributed by atoms with Crippen molar-refractivity contribution in [3.05, 3.63) is 45.6 Å². The van der Waals surface area contributed by atoms with E-state index in [4.69, 9.17) is 19.9 Å². The van der Waals surface area contributed by atoms with Crippen LogP contribution in [0.2, 0.25) is 0 Å².